The first-order valence-electron chi connectivity index (χ1n) is 35.2. The molecule has 0 saturated carbocycles. The van der Waals surface area contributed by atoms with E-state index in [1.54, 1.807) is 0 Å². The molecule has 0 aromatic rings. The van der Waals surface area contributed by atoms with Crippen molar-refractivity contribution in [2.75, 3.05) is 13.2 Å². The molecule has 0 aliphatic carbocycles. The smallest absolute Gasteiger partial charge is 0.305 e. The van der Waals surface area contributed by atoms with E-state index in [0.717, 1.165) is 51.4 Å². The summed E-state index contributed by atoms with van der Waals surface area (Å²) in [5.74, 6) is -0.0295. The van der Waals surface area contributed by atoms with Gasteiger partial charge in [-0.15, -0.1) is 0 Å². The van der Waals surface area contributed by atoms with Gasteiger partial charge >= 0.3 is 5.97 Å². The summed E-state index contributed by atoms with van der Waals surface area (Å²) in [4.78, 5) is 24.6. The third-order valence-electron chi connectivity index (χ3n) is 16.4. The molecule has 0 aliphatic rings. The molecule has 0 saturated heterocycles. The number of ether oxygens (including phenoxy) is 1. The van der Waals surface area contributed by atoms with Gasteiger partial charge in [-0.3, -0.25) is 9.59 Å². The molecular weight excluding hydrogens is 959 g/mol. The van der Waals surface area contributed by atoms with E-state index in [0.29, 0.717) is 25.9 Å². The van der Waals surface area contributed by atoms with Gasteiger partial charge in [0.05, 0.1) is 25.4 Å². The highest BCUT2D eigenvalue weighted by molar-refractivity contribution is 5.76. The molecule has 460 valence electrons. The van der Waals surface area contributed by atoms with Gasteiger partial charge in [0.2, 0.25) is 5.91 Å². The van der Waals surface area contributed by atoms with Crippen LogP contribution in [0.2, 0.25) is 0 Å². The molecule has 0 radical (unpaired) electrons. The lowest BCUT2D eigenvalue weighted by Crippen LogP contribution is -2.45. The van der Waals surface area contributed by atoms with E-state index >= 15 is 0 Å². The molecule has 1 amide bonds. The molecule has 2 unspecified atom stereocenters. The summed E-state index contributed by atoms with van der Waals surface area (Å²) in [7, 11) is 0. The van der Waals surface area contributed by atoms with E-state index in [2.05, 4.69) is 55.6 Å². The molecule has 0 fully saturated rings. The van der Waals surface area contributed by atoms with Gasteiger partial charge in [-0.2, -0.15) is 0 Å². The monoisotopic (exact) mass is 1100 g/mol. The lowest BCUT2D eigenvalue weighted by atomic mass is 10.0. The minimum atomic E-state index is -0.665. The fourth-order valence-electron chi connectivity index (χ4n) is 11.0. The van der Waals surface area contributed by atoms with Crippen LogP contribution < -0.4 is 5.32 Å². The number of carbonyl (C=O) groups is 2. The number of rotatable bonds is 66. The number of carbonyl (C=O) groups excluding carboxylic acids is 2. The van der Waals surface area contributed by atoms with E-state index < -0.39 is 12.1 Å². The Hall–Kier alpha value is -1.92. The van der Waals surface area contributed by atoms with Gasteiger partial charge in [0.25, 0.3) is 0 Å². The molecule has 2 atom stereocenters. The van der Waals surface area contributed by atoms with Crippen molar-refractivity contribution in [3.8, 4) is 0 Å². The number of unbranched alkanes of at least 4 members (excludes halogenated alkanes) is 49. The van der Waals surface area contributed by atoms with Crippen LogP contribution in [0.15, 0.2) is 36.5 Å². The van der Waals surface area contributed by atoms with Gasteiger partial charge < -0.3 is 20.3 Å². The summed E-state index contributed by atoms with van der Waals surface area (Å²) >= 11 is 0. The van der Waals surface area contributed by atoms with E-state index in [9.17, 15) is 19.8 Å². The van der Waals surface area contributed by atoms with Crippen molar-refractivity contribution in [3.05, 3.63) is 36.5 Å². The topological polar surface area (TPSA) is 95.9 Å². The zero-order chi connectivity index (χ0) is 56.4. The van der Waals surface area contributed by atoms with Gasteiger partial charge in [-0.05, 0) is 83.5 Å². The SMILES string of the molecule is CCCCC/C=C\C/C=C\CCCCCCCC(=O)OCCCCCCCCCCCCCC/C=C\CCCCCCCCCCCCCCC(=O)NC(CO)C(O)CCCCCCCCCCCCCCCCCCCC. The van der Waals surface area contributed by atoms with Crippen molar-refractivity contribution in [2.45, 2.75) is 398 Å². The third kappa shape index (κ3) is 63.3. The lowest BCUT2D eigenvalue weighted by Gasteiger charge is -2.22. The number of hydrogen-bond acceptors (Lipinski definition) is 5. The molecule has 0 heterocycles. The molecule has 0 aromatic heterocycles. The Morgan fingerprint density at radius 3 is 1.01 bits per heavy atom. The Kier molecular flexibility index (Phi) is 65.9. The van der Waals surface area contributed by atoms with Crippen LogP contribution in [0.1, 0.15) is 386 Å². The highest BCUT2D eigenvalue weighted by atomic mass is 16.5. The number of aliphatic hydroxyl groups excluding tert-OH is 2. The predicted molar refractivity (Wildman–Crippen MR) is 343 cm³/mol. The van der Waals surface area contributed by atoms with Crippen LogP contribution in [-0.2, 0) is 14.3 Å². The maximum atomic E-state index is 12.5. The number of allylic oxidation sites excluding steroid dienone is 6. The minimum Gasteiger partial charge on any atom is -0.466 e. The van der Waals surface area contributed by atoms with Gasteiger partial charge in [0.15, 0.2) is 0 Å². The van der Waals surface area contributed by atoms with Crippen LogP contribution in [0.5, 0.6) is 0 Å². The van der Waals surface area contributed by atoms with Crippen LogP contribution in [-0.4, -0.2) is 47.4 Å². The highest BCUT2D eigenvalue weighted by Gasteiger charge is 2.20. The first kappa shape index (κ1) is 76.1. The Bertz CT molecular complexity index is 1260. The zero-order valence-corrected chi connectivity index (χ0v) is 52.7. The summed E-state index contributed by atoms with van der Waals surface area (Å²) < 4.78 is 5.48. The summed E-state index contributed by atoms with van der Waals surface area (Å²) in [6.45, 7) is 4.95. The fraction of sp³-hybridized carbons (Fsp3) is 0.889. The molecule has 0 spiro atoms. The standard InChI is InChI=1S/C72H137NO5/c1-3-5-7-9-11-13-15-17-19-20-33-37-40-44-48-52-56-60-64-70(75)69(68-74)73-71(76)65-61-57-53-49-45-41-38-34-31-29-27-25-23-21-22-24-26-28-30-32-35-39-43-47-51-55-59-63-67-78-72(77)66-62-58-54-50-46-42-36-18-16-14-12-10-8-6-4-2/h12,14,18,21-22,36,69-70,74-75H,3-11,13,15-17,19-20,23-35,37-68H2,1-2H3,(H,73,76)/b14-12-,22-21-,36-18-. The zero-order valence-electron chi connectivity index (χ0n) is 52.7. The maximum absolute atomic E-state index is 12.5. The quantitative estimate of drug-likeness (QED) is 0.0320. The minimum absolute atomic E-state index is 0.00221. The molecular formula is C72H137NO5. The number of hydrogen-bond donors (Lipinski definition) is 3. The first-order valence-corrected chi connectivity index (χ1v) is 35.2. The lowest BCUT2D eigenvalue weighted by molar-refractivity contribution is -0.143. The molecule has 0 aliphatic heterocycles. The van der Waals surface area contributed by atoms with Crippen molar-refractivity contribution in [1.29, 1.82) is 0 Å². The van der Waals surface area contributed by atoms with E-state index in [4.69, 9.17) is 4.74 Å². The van der Waals surface area contributed by atoms with Gasteiger partial charge in [0, 0.05) is 12.8 Å². The van der Waals surface area contributed by atoms with Crippen LogP contribution in [0.25, 0.3) is 0 Å². The van der Waals surface area contributed by atoms with Crippen molar-refractivity contribution >= 4 is 11.9 Å². The van der Waals surface area contributed by atoms with Crippen LogP contribution in [0.4, 0.5) is 0 Å². The van der Waals surface area contributed by atoms with E-state index in [1.165, 1.54) is 302 Å². The molecule has 0 bridgehead atoms. The van der Waals surface area contributed by atoms with E-state index in [-0.39, 0.29) is 18.5 Å². The molecule has 78 heavy (non-hydrogen) atoms. The van der Waals surface area contributed by atoms with Crippen molar-refractivity contribution < 1.29 is 24.5 Å². The number of aliphatic hydroxyl groups is 2. The number of amides is 1. The Labute approximate surface area is 487 Å². The molecule has 0 aromatic carbocycles. The fourth-order valence-corrected chi connectivity index (χ4v) is 11.0. The Morgan fingerprint density at radius 1 is 0.359 bits per heavy atom. The van der Waals surface area contributed by atoms with Crippen LogP contribution in [0.3, 0.4) is 0 Å². The highest BCUT2D eigenvalue weighted by Crippen LogP contribution is 2.18. The van der Waals surface area contributed by atoms with Crippen molar-refractivity contribution in [3.63, 3.8) is 0 Å². The van der Waals surface area contributed by atoms with Crippen molar-refractivity contribution in [1.82, 2.24) is 5.32 Å². The summed E-state index contributed by atoms with van der Waals surface area (Å²) in [5.41, 5.74) is 0. The molecule has 0 rings (SSSR count). The van der Waals surface area contributed by atoms with Gasteiger partial charge in [-0.25, -0.2) is 0 Å². The van der Waals surface area contributed by atoms with Gasteiger partial charge in [-0.1, -0.05) is 326 Å². The molecule has 3 N–H and O–H groups in total. The molecule has 6 heteroatoms. The predicted octanol–water partition coefficient (Wildman–Crippen LogP) is 22.7. The second-order valence-electron chi connectivity index (χ2n) is 24.2. The third-order valence-corrected chi connectivity index (χ3v) is 16.4. The summed E-state index contributed by atoms with van der Waals surface area (Å²) in [5, 5.41) is 23.4. The largest absolute Gasteiger partial charge is 0.466 e. The van der Waals surface area contributed by atoms with Crippen LogP contribution >= 0.6 is 0 Å². The first-order chi connectivity index (χ1) is 38.5. The average molecular weight is 1100 g/mol. The normalized spacial score (nSPS) is 12.7. The second kappa shape index (κ2) is 67.6. The number of nitrogens with one attached hydrogen (secondary N) is 1. The maximum Gasteiger partial charge on any atom is 0.305 e. The average Bonchev–Trinajstić information content (AvgIpc) is 3.44. The second-order valence-corrected chi connectivity index (χ2v) is 24.2. The molecule has 6 nitrogen and oxygen atoms in total. The number of esters is 1. The Morgan fingerprint density at radius 2 is 0.641 bits per heavy atom. The van der Waals surface area contributed by atoms with Crippen LogP contribution in [0, 0.1) is 0 Å². The van der Waals surface area contributed by atoms with E-state index in [1.807, 2.05) is 0 Å². The van der Waals surface area contributed by atoms with Crippen molar-refractivity contribution in [2.24, 2.45) is 0 Å². The summed E-state index contributed by atoms with van der Waals surface area (Å²) in [6, 6.07) is -0.542. The Balaban J connectivity index is 3.38. The summed E-state index contributed by atoms with van der Waals surface area (Å²) in [6.07, 6.45) is 86.2. The van der Waals surface area contributed by atoms with Gasteiger partial charge in [0.1, 0.15) is 0 Å².